The van der Waals surface area contributed by atoms with E-state index in [4.69, 9.17) is 4.74 Å². The van der Waals surface area contributed by atoms with Gasteiger partial charge in [-0.05, 0) is 57.3 Å². The number of hydrogen-bond acceptors (Lipinski definition) is 3. The van der Waals surface area contributed by atoms with Crippen LogP contribution in [-0.2, 0) is 14.3 Å². The number of fused-ring (bicyclic) bond motifs is 2. The number of ether oxygens (including phenoxy) is 1. The molecule has 0 spiro atoms. The summed E-state index contributed by atoms with van der Waals surface area (Å²) in [6.45, 7) is 11.1. The van der Waals surface area contributed by atoms with Crippen LogP contribution in [0.2, 0.25) is 0 Å². The minimum absolute atomic E-state index is 0.0305. The first kappa shape index (κ1) is 16.7. The van der Waals surface area contributed by atoms with Crippen LogP contribution in [-0.4, -0.2) is 18.4 Å². The lowest BCUT2D eigenvalue weighted by atomic mass is 9.69. The second-order valence-corrected chi connectivity index (χ2v) is 9.16. The van der Waals surface area contributed by atoms with Crippen molar-refractivity contribution in [2.45, 2.75) is 73.1 Å². The van der Waals surface area contributed by atoms with E-state index in [1.807, 2.05) is 0 Å². The molecule has 0 radical (unpaired) electrons. The van der Waals surface area contributed by atoms with Crippen molar-refractivity contribution in [3.63, 3.8) is 0 Å². The van der Waals surface area contributed by atoms with Gasteiger partial charge in [0.1, 0.15) is 5.41 Å². The number of Topliss-reactive ketones (excluding diaryl/α,β-unsaturated/α-hetero) is 1. The molecule has 3 atom stereocenters. The van der Waals surface area contributed by atoms with Crippen molar-refractivity contribution in [1.29, 1.82) is 0 Å². The van der Waals surface area contributed by atoms with Gasteiger partial charge in [0.05, 0.1) is 6.61 Å². The van der Waals surface area contributed by atoms with Gasteiger partial charge in [0.25, 0.3) is 0 Å². The third kappa shape index (κ3) is 2.30. The van der Waals surface area contributed by atoms with Gasteiger partial charge in [-0.2, -0.15) is 0 Å². The Bertz CT molecular complexity index is 582. The number of esters is 1. The fourth-order valence-electron chi connectivity index (χ4n) is 5.21. The Morgan fingerprint density at radius 1 is 1.22 bits per heavy atom. The van der Waals surface area contributed by atoms with Crippen LogP contribution in [0.3, 0.4) is 0 Å². The zero-order valence-corrected chi connectivity index (χ0v) is 15.3. The first-order valence-electron chi connectivity index (χ1n) is 8.98. The van der Waals surface area contributed by atoms with Crippen LogP contribution >= 0.6 is 0 Å². The molecule has 0 aliphatic heterocycles. The average Bonchev–Trinajstić information content (AvgIpc) is 3.04. The molecule has 3 rings (SSSR count). The maximum atomic E-state index is 12.9. The number of hydrogen-bond donors (Lipinski definition) is 0. The molecule has 0 N–H and O–H groups in total. The van der Waals surface area contributed by atoms with E-state index in [0.717, 1.165) is 25.7 Å². The molecule has 3 saturated carbocycles. The van der Waals surface area contributed by atoms with Gasteiger partial charge in [0.2, 0.25) is 0 Å². The second-order valence-electron chi connectivity index (χ2n) is 9.16. The summed E-state index contributed by atoms with van der Waals surface area (Å²) in [6, 6.07) is 0. The summed E-state index contributed by atoms with van der Waals surface area (Å²) in [6.07, 6.45) is 5.39. The standard InChI is InChI=1S/C20H30O3/c1-13(2)14-6-8-19(5,11-14)12-23-17(22)20-9-7-15(10-16(20)21)18(20,3)4/h15H,6-12H2,1-5H3/t15-,19+,20+/m0/s1. The summed E-state index contributed by atoms with van der Waals surface area (Å²) >= 11 is 0. The molecule has 0 aromatic carbocycles. The summed E-state index contributed by atoms with van der Waals surface area (Å²) in [5.74, 6) is 0.214. The summed E-state index contributed by atoms with van der Waals surface area (Å²) in [4.78, 5) is 25.4. The number of rotatable bonds is 3. The number of carbonyl (C=O) groups excluding carboxylic acids is 2. The maximum Gasteiger partial charge on any atom is 0.320 e. The third-order valence-corrected chi connectivity index (χ3v) is 7.17. The van der Waals surface area contributed by atoms with Crippen molar-refractivity contribution >= 4 is 11.8 Å². The lowest BCUT2D eigenvalue weighted by Gasteiger charge is -2.35. The molecule has 0 aromatic rings. The second kappa shape index (κ2) is 5.19. The maximum absolute atomic E-state index is 12.9. The van der Waals surface area contributed by atoms with Crippen LogP contribution in [0.15, 0.2) is 11.1 Å². The van der Waals surface area contributed by atoms with Gasteiger partial charge in [0, 0.05) is 11.8 Å². The number of allylic oxidation sites excluding steroid dienone is 2. The van der Waals surface area contributed by atoms with E-state index in [2.05, 4.69) is 34.6 Å². The minimum atomic E-state index is -0.869. The van der Waals surface area contributed by atoms with Gasteiger partial charge in [-0.1, -0.05) is 31.9 Å². The van der Waals surface area contributed by atoms with Gasteiger partial charge < -0.3 is 4.74 Å². The van der Waals surface area contributed by atoms with E-state index in [0.29, 0.717) is 25.4 Å². The van der Waals surface area contributed by atoms with Crippen molar-refractivity contribution < 1.29 is 14.3 Å². The molecule has 0 saturated heterocycles. The van der Waals surface area contributed by atoms with Gasteiger partial charge in [-0.3, -0.25) is 9.59 Å². The van der Waals surface area contributed by atoms with E-state index >= 15 is 0 Å². The lowest BCUT2D eigenvalue weighted by molar-refractivity contribution is -0.167. The normalized spacial score (nSPS) is 38.2. The number of ketones is 1. The van der Waals surface area contributed by atoms with Crippen LogP contribution in [0.5, 0.6) is 0 Å². The van der Waals surface area contributed by atoms with E-state index in [-0.39, 0.29) is 22.6 Å². The van der Waals surface area contributed by atoms with Crippen LogP contribution in [0, 0.1) is 22.2 Å². The smallest absolute Gasteiger partial charge is 0.320 e. The highest BCUT2D eigenvalue weighted by atomic mass is 16.5. The average molecular weight is 318 g/mol. The topological polar surface area (TPSA) is 43.4 Å². The quantitative estimate of drug-likeness (QED) is 0.438. The van der Waals surface area contributed by atoms with Crippen molar-refractivity contribution in [1.82, 2.24) is 0 Å². The molecule has 0 amide bonds. The summed E-state index contributed by atoms with van der Waals surface area (Å²) in [7, 11) is 0. The predicted octanol–water partition coefficient (Wildman–Crippen LogP) is 4.45. The summed E-state index contributed by atoms with van der Waals surface area (Å²) in [5.41, 5.74) is 1.81. The molecular weight excluding hydrogens is 288 g/mol. The fraction of sp³-hybridized carbons (Fsp3) is 0.800. The van der Waals surface area contributed by atoms with Gasteiger partial charge in [-0.25, -0.2) is 0 Å². The van der Waals surface area contributed by atoms with Gasteiger partial charge in [0.15, 0.2) is 5.78 Å². The zero-order chi connectivity index (χ0) is 17.0. The fourth-order valence-corrected chi connectivity index (χ4v) is 5.21. The molecule has 2 bridgehead atoms. The zero-order valence-electron chi connectivity index (χ0n) is 15.3. The molecule has 3 nitrogen and oxygen atoms in total. The predicted molar refractivity (Wildman–Crippen MR) is 89.9 cm³/mol. The van der Waals surface area contributed by atoms with Crippen LogP contribution in [0.4, 0.5) is 0 Å². The summed E-state index contributed by atoms with van der Waals surface area (Å²) in [5, 5.41) is 0. The highest BCUT2D eigenvalue weighted by Gasteiger charge is 2.69. The first-order chi connectivity index (χ1) is 10.6. The molecular formula is C20H30O3. The van der Waals surface area contributed by atoms with E-state index in [1.165, 1.54) is 11.1 Å². The highest BCUT2D eigenvalue weighted by Crippen LogP contribution is 2.64. The Hall–Kier alpha value is -1.12. The molecule has 3 fully saturated rings. The Balaban J connectivity index is 1.71. The largest absolute Gasteiger partial charge is 0.464 e. The minimum Gasteiger partial charge on any atom is -0.464 e. The molecule has 128 valence electrons. The van der Waals surface area contributed by atoms with Crippen LogP contribution in [0.25, 0.3) is 0 Å². The molecule has 23 heavy (non-hydrogen) atoms. The Morgan fingerprint density at radius 2 is 1.91 bits per heavy atom. The SMILES string of the molecule is CC(C)=C1CC[C@@](C)(COC(=O)[C@@]23CC[C@@H](CC2=O)C3(C)C)C1. The highest BCUT2D eigenvalue weighted by molar-refractivity contribution is 6.07. The molecule has 0 aromatic heterocycles. The monoisotopic (exact) mass is 318 g/mol. The van der Waals surface area contributed by atoms with E-state index < -0.39 is 5.41 Å². The third-order valence-electron chi connectivity index (χ3n) is 7.17. The van der Waals surface area contributed by atoms with Gasteiger partial charge >= 0.3 is 5.97 Å². The Kier molecular flexibility index (Phi) is 3.77. The van der Waals surface area contributed by atoms with Crippen molar-refractivity contribution in [2.24, 2.45) is 22.2 Å². The molecule has 0 unspecified atom stereocenters. The van der Waals surface area contributed by atoms with Crippen molar-refractivity contribution in [3.05, 3.63) is 11.1 Å². The first-order valence-corrected chi connectivity index (χ1v) is 8.98. The Morgan fingerprint density at radius 3 is 2.39 bits per heavy atom. The molecule has 0 heterocycles. The summed E-state index contributed by atoms with van der Waals surface area (Å²) < 4.78 is 5.79. The van der Waals surface area contributed by atoms with Crippen molar-refractivity contribution in [2.75, 3.05) is 6.61 Å². The molecule has 3 aliphatic carbocycles. The van der Waals surface area contributed by atoms with E-state index in [9.17, 15) is 9.59 Å². The Labute approximate surface area is 139 Å². The van der Waals surface area contributed by atoms with Crippen LogP contribution < -0.4 is 0 Å². The lowest BCUT2D eigenvalue weighted by Crippen LogP contribution is -2.45. The van der Waals surface area contributed by atoms with Gasteiger partial charge in [-0.15, -0.1) is 0 Å². The molecule has 3 aliphatic rings. The number of carbonyl (C=O) groups is 2. The van der Waals surface area contributed by atoms with Crippen molar-refractivity contribution in [3.8, 4) is 0 Å². The molecule has 3 heteroatoms. The van der Waals surface area contributed by atoms with Crippen LogP contribution in [0.1, 0.15) is 73.1 Å². The van der Waals surface area contributed by atoms with E-state index in [1.54, 1.807) is 0 Å².